The van der Waals surface area contributed by atoms with Crippen LogP contribution in [-0.2, 0) is 14.8 Å². The fourth-order valence-electron chi connectivity index (χ4n) is 3.25. The maximum absolute atomic E-state index is 12.8. The van der Waals surface area contributed by atoms with E-state index in [0.29, 0.717) is 22.8 Å². The van der Waals surface area contributed by atoms with Crippen molar-refractivity contribution in [3.05, 3.63) is 46.0 Å². The fourth-order valence-corrected chi connectivity index (χ4v) is 4.68. The van der Waals surface area contributed by atoms with Gasteiger partial charge in [0.05, 0.1) is 50.6 Å². The first kappa shape index (κ1) is 24.2. The van der Waals surface area contributed by atoms with Gasteiger partial charge in [0.25, 0.3) is 5.69 Å². The number of rotatable bonds is 9. The van der Waals surface area contributed by atoms with Gasteiger partial charge in [-0.3, -0.25) is 15.5 Å². The number of anilines is 1. The Morgan fingerprint density at radius 2 is 1.79 bits per heavy atom. The highest BCUT2D eigenvalue weighted by molar-refractivity contribution is 7.89. The molecule has 1 fully saturated rings. The maximum Gasteiger partial charge on any atom is 0.295 e. The molecule has 13 heteroatoms. The van der Waals surface area contributed by atoms with Crippen molar-refractivity contribution < 1.29 is 32.3 Å². The second-order valence-corrected chi connectivity index (χ2v) is 8.68. The van der Waals surface area contributed by atoms with Gasteiger partial charge < -0.3 is 18.9 Å². The third-order valence-electron chi connectivity index (χ3n) is 4.90. The lowest BCUT2D eigenvalue weighted by Gasteiger charge is -2.26. The van der Waals surface area contributed by atoms with Crippen LogP contribution in [0.3, 0.4) is 0 Å². The summed E-state index contributed by atoms with van der Waals surface area (Å²) in [5.41, 5.74) is 2.71. The van der Waals surface area contributed by atoms with Crippen molar-refractivity contribution in [2.24, 2.45) is 5.10 Å². The smallest absolute Gasteiger partial charge is 0.295 e. The molecule has 0 aromatic heterocycles. The van der Waals surface area contributed by atoms with E-state index in [9.17, 15) is 18.5 Å². The Morgan fingerprint density at radius 1 is 1.09 bits per heavy atom. The minimum Gasteiger partial charge on any atom is -0.493 e. The summed E-state index contributed by atoms with van der Waals surface area (Å²) in [6.07, 6.45) is 1.39. The summed E-state index contributed by atoms with van der Waals surface area (Å²) in [4.78, 5) is 10.8. The zero-order valence-corrected chi connectivity index (χ0v) is 19.1. The summed E-state index contributed by atoms with van der Waals surface area (Å²) in [5, 5.41) is 15.6. The molecular weight excluding hydrogens is 456 g/mol. The number of hydrogen-bond acceptors (Lipinski definition) is 10. The average molecular weight is 480 g/mol. The Morgan fingerprint density at radius 3 is 2.39 bits per heavy atom. The van der Waals surface area contributed by atoms with E-state index in [-0.39, 0.29) is 36.9 Å². The Kier molecular flexibility index (Phi) is 7.68. The van der Waals surface area contributed by atoms with Gasteiger partial charge in [0.2, 0.25) is 15.8 Å². The Labute approximate surface area is 190 Å². The molecule has 12 nitrogen and oxygen atoms in total. The van der Waals surface area contributed by atoms with Gasteiger partial charge in [-0.05, 0) is 24.3 Å². The first-order valence-corrected chi connectivity index (χ1v) is 11.2. The Hall–Kier alpha value is -3.42. The summed E-state index contributed by atoms with van der Waals surface area (Å²) < 4.78 is 48.0. The van der Waals surface area contributed by atoms with Crippen LogP contribution >= 0.6 is 0 Å². The zero-order chi connectivity index (χ0) is 24.0. The van der Waals surface area contributed by atoms with Crippen molar-refractivity contribution in [2.45, 2.75) is 4.90 Å². The number of hydrazone groups is 1. The van der Waals surface area contributed by atoms with E-state index in [1.165, 1.54) is 44.0 Å². The van der Waals surface area contributed by atoms with Crippen LogP contribution in [0.4, 0.5) is 11.4 Å². The highest BCUT2D eigenvalue weighted by atomic mass is 32.2. The number of nitro benzene ring substituents is 1. The van der Waals surface area contributed by atoms with Crippen molar-refractivity contribution >= 4 is 27.6 Å². The highest BCUT2D eigenvalue weighted by Gasteiger charge is 2.29. The molecule has 0 amide bonds. The lowest BCUT2D eigenvalue weighted by Crippen LogP contribution is -2.40. The predicted molar refractivity (Wildman–Crippen MR) is 120 cm³/mol. The molecule has 0 bridgehead atoms. The topological polar surface area (TPSA) is 142 Å². The van der Waals surface area contributed by atoms with Crippen molar-refractivity contribution in [2.75, 3.05) is 53.1 Å². The highest BCUT2D eigenvalue weighted by Crippen LogP contribution is 2.39. The monoisotopic (exact) mass is 480 g/mol. The normalized spacial score (nSPS) is 14.8. The quantitative estimate of drug-likeness (QED) is 0.324. The summed E-state index contributed by atoms with van der Waals surface area (Å²) in [5.74, 6) is 1.20. The maximum atomic E-state index is 12.8. The number of benzene rings is 2. The minimum absolute atomic E-state index is 0.0246. The van der Waals surface area contributed by atoms with Crippen LogP contribution in [0.15, 0.2) is 40.3 Å². The van der Waals surface area contributed by atoms with E-state index < -0.39 is 20.6 Å². The molecule has 0 atom stereocenters. The largest absolute Gasteiger partial charge is 0.493 e. The van der Waals surface area contributed by atoms with Crippen LogP contribution in [0, 0.1) is 10.1 Å². The van der Waals surface area contributed by atoms with Gasteiger partial charge in [-0.15, -0.1) is 0 Å². The van der Waals surface area contributed by atoms with Crippen molar-refractivity contribution in [3.63, 3.8) is 0 Å². The number of nitro groups is 1. The van der Waals surface area contributed by atoms with Crippen LogP contribution < -0.4 is 19.6 Å². The molecule has 1 aliphatic rings. The molecule has 178 valence electrons. The molecule has 1 aliphatic heterocycles. The van der Waals surface area contributed by atoms with Crippen molar-refractivity contribution in [1.29, 1.82) is 0 Å². The summed E-state index contributed by atoms with van der Waals surface area (Å²) >= 11 is 0. The molecule has 0 spiro atoms. The van der Waals surface area contributed by atoms with Gasteiger partial charge in [-0.1, -0.05) is 0 Å². The zero-order valence-electron chi connectivity index (χ0n) is 18.3. The molecule has 0 radical (unpaired) electrons. The fraction of sp³-hybridized carbons (Fsp3) is 0.350. The number of hydrogen-bond donors (Lipinski definition) is 1. The van der Waals surface area contributed by atoms with E-state index >= 15 is 0 Å². The third-order valence-corrected chi connectivity index (χ3v) is 6.79. The van der Waals surface area contributed by atoms with Crippen LogP contribution in [-0.4, -0.2) is 71.5 Å². The molecule has 0 aliphatic carbocycles. The molecule has 1 saturated heterocycles. The van der Waals surface area contributed by atoms with E-state index in [0.717, 1.165) is 6.07 Å². The second kappa shape index (κ2) is 10.5. The molecule has 2 aromatic rings. The first-order chi connectivity index (χ1) is 15.8. The molecule has 3 rings (SSSR count). The van der Waals surface area contributed by atoms with Gasteiger partial charge in [0.1, 0.15) is 5.69 Å². The summed E-state index contributed by atoms with van der Waals surface area (Å²) in [7, 11) is 0.540. The molecule has 0 unspecified atom stereocenters. The molecule has 33 heavy (non-hydrogen) atoms. The third kappa shape index (κ3) is 5.16. The summed E-state index contributed by atoms with van der Waals surface area (Å²) in [6, 6.07) is 6.95. The number of ether oxygens (including phenoxy) is 4. The van der Waals surface area contributed by atoms with Crippen LogP contribution in [0.5, 0.6) is 17.2 Å². The van der Waals surface area contributed by atoms with Crippen molar-refractivity contribution in [1.82, 2.24) is 4.31 Å². The first-order valence-electron chi connectivity index (χ1n) is 9.77. The second-order valence-electron chi connectivity index (χ2n) is 6.75. The predicted octanol–water partition coefficient (Wildman–Crippen LogP) is 2.09. The van der Waals surface area contributed by atoms with Gasteiger partial charge in [0, 0.05) is 24.7 Å². The molecule has 1 N–H and O–H groups in total. The van der Waals surface area contributed by atoms with Crippen LogP contribution in [0.25, 0.3) is 0 Å². The van der Waals surface area contributed by atoms with Crippen LogP contribution in [0.2, 0.25) is 0 Å². The number of methoxy groups -OCH3 is 3. The number of sulfonamides is 1. The number of morpholine rings is 1. The lowest BCUT2D eigenvalue weighted by atomic mass is 10.2. The van der Waals surface area contributed by atoms with E-state index in [2.05, 4.69) is 10.5 Å². The number of nitrogens with one attached hydrogen (secondary N) is 1. The Balaban J connectivity index is 1.87. The molecule has 1 heterocycles. The summed E-state index contributed by atoms with van der Waals surface area (Å²) in [6.45, 7) is 0.922. The SMILES string of the molecule is COc1ccc(/C=N/Nc2ccc(S(=O)(=O)N3CCOCC3)cc2[N+](=O)[O-])c(OC)c1OC. The van der Waals surface area contributed by atoms with Gasteiger partial charge in [-0.25, -0.2) is 8.42 Å². The average Bonchev–Trinajstić information content (AvgIpc) is 2.83. The lowest BCUT2D eigenvalue weighted by molar-refractivity contribution is -0.384. The molecule has 2 aromatic carbocycles. The van der Waals surface area contributed by atoms with E-state index in [1.54, 1.807) is 12.1 Å². The van der Waals surface area contributed by atoms with E-state index in [4.69, 9.17) is 18.9 Å². The Bertz CT molecular complexity index is 1150. The van der Waals surface area contributed by atoms with E-state index in [1.807, 2.05) is 0 Å². The van der Waals surface area contributed by atoms with Gasteiger partial charge in [0.15, 0.2) is 11.5 Å². The minimum atomic E-state index is -3.88. The molecule has 0 saturated carbocycles. The van der Waals surface area contributed by atoms with Gasteiger partial charge in [-0.2, -0.15) is 9.41 Å². The molecular formula is C20H24N4O8S. The standard InChI is InChI=1S/C20H24N4O8S/c1-29-18-7-4-14(19(30-2)20(18)31-3)13-21-22-16-6-5-15(12-17(16)24(25)26)33(27,28)23-8-10-32-11-9-23/h4-7,12-13,22H,8-11H2,1-3H3/b21-13+. The van der Waals surface area contributed by atoms with Gasteiger partial charge >= 0.3 is 0 Å². The van der Waals surface area contributed by atoms with Crippen molar-refractivity contribution in [3.8, 4) is 17.2 Å². The van der Waals surface area contributed by atoms with Crippen LogP contribution in [0.1, 0.15) is 5.56 Å². The number of nitrogens with zero attached hydrogens (tertiary/aromatic N) is 3.